The van der Waals surface area contributed by atoms with E-state index in [2.05, 4.69) is 44.7 Å². The molecule has 1 aromatic rings. The van der Waals surface area contributed by atoms with Crippen LogP contribution in [0.5, 0.6) is 5.75 Å². The highest BCUT2D eigenvalue weighted by Crippen LogP contribution is 2.32. The van der Waals surface area contributed by atoms with E-state index < -0.39 is 0 Å². The quantitative estimate of drug-likeness (QED) is 0.840. The van der Waals surface area contributed by atoms with Crippen LogP contribution in [-0.2, 0) is 5.54 Å². The third-order valence-corrected chi connectivity index (χ3v) is 3.87. The first kappa shape index (κ1) is 15.0. The Bertz CT molecular complexity index is 377. The fourth-order valence-electron chi connectivity index (χ4n) is 1.95. The van der Waals surface area contributed by atoms with Crippen molar-refractivity contribution in [3.8, 4) is 5.75 Å². The molecule has 0 aliphatic rings. The van der Waals surface area contributed by atoms with E-state index in [4.69, 9.17) is 0 Å². The molecule has 0 aromatic heterocycles. The summed E-state index contributed by atoms with van der Waals surface area (Å²) < 4.78 is 0. The van der Waals surface area contributed by atoms with Crippen LogP contribution < -0.4 is 0 Å². The van der Waals surface area contributed by atoms with Crippen LogP contribution in [0.25, 0.3) is 0 Å². The Hall–Kier alpha value is -1.06. The summed E-state index contributed by atoms with van der Waals surface area (Å²) >= 11 is 0. The molecule has 18 heavy (non-hydrogen) atoms. The Morgan fingerprint density at radius 3 is 2.28 bits per heavy atom. The molecule has 0 heterocycles. The molecule has 0 aliphatic carbocycles. The van der Waals surface area contributed by atoms with Crippen LogP contribution in [0, 0.1) is 0 Å². The number of likely N-dealkylation sites (N-methyl/N-ethyl adjacent to an activating group) is 2. The van der Waals surface area contributed by atoms with Gasteiger partial charge in [0.15, 0.2) is 0 Å². The van der Waals surface area contributed by atoms with Gasteiger partial charge in [-0.1, -0.05) is 25.1 Å². The van der Waals surface area contributed by atoms with Crippen molar-refractivity contribution in [3.05, 3.63) is 29.8 Å². The fraction of sp³-hybridized carbons (Fsp3) is 0.600. The standard InChI is InChI=1S/C15H26N2O/c1-6-16(4)11-12-17(5)15(2,3)13-9-7-8-10-14(13)18/h7-10,18H,6,11-12H2,1-5H3. The molecular weight excluding hydrogens is 224 g/mol. The van der Waals surface area contributed by atoms with Crippen LogP contribution in [0.3, 0.4) is 0 Å². The van der Waals surface area contributed by atoms with Gasteiger partial charge in [-0.15, -0.1) is 0 Å². The van der Waals surface area contributed by atoms with Crippen LogP contribution >= 0.6 is 0 Å². The normalized spacial score (nSPS) is 12.4. The molecule has 102 valence electrons. The monoisotopic (exact) mass is 250 g/mol. The van der Waals surface area contributed by atoms with Crippen molar-refractivity contribution >= 4 is 0 Å². The maximum Gasteiger partial charge on any atom is 0.120 e. The van der Waals surface area contributed by atoms with Gasteiger partial charge in [0.1, 0.15) is 5.75 Å². The lowest BCUT2D eigenvalue weighted by molar-refractivity contribution is 0.136. The van der Waals surface area contributed by atoms with Gasteiger partial charge in [0.05, 0.1) is 0 Å². The molecule has 0 bridgehead atoms. The predicted octanol–water partition coefficient (Wildman–Crippen LogP) is 2.51. The first-order chi connectivity index (χ1) is 8.39. The van der Waals surface area contributed by atoms with E-state index in [9.17, 15) is 5.11 Å². The Morgan fingerprint density at radius 1 is 1.11 bits per heavy atom. The molecule has 0 fully saturated rings. The summed E-state index contributed by atoms with van der Waals surface area (Å²) in [5.41, 5.74) is 0.812. The number of hydrogen-bond donors (Lipinski definition) is 1. The molecule has 0 spiro atoms. The van der Waals surface area contributed by atoms with Gasteiger partial charge in [-0.05, 0) is 40.6 Å². The van der Waals surface area contributed by atoms with Crippen LogP contribution in [0.1, 0.15) is 26.3 Å². The third kappa shape index (κ3) is 3.47. The molecule has 0 amide bonds. The second kappa shape index (κ2) is 6.21. The van der Waals surface area contributed by atoms with Crippen LogP contribution in [-0.4, -0.2) is 48.6 Å². The molecule has 1 rings (SSSR count). The summed E-state index contributed by atoms with van der Waals surface area (Å²) in [5.74, 6) is 0.373. The summed E-state index contributed by atoms with van der Waals surface area (Å²) in [6.07, 6.45) is 0. The zero-order valence-corrected chi connectivity index (χ0v) is 12.3. The molecule has 3 nitrogen and oxygen atoms in total. The van der Waals surface area contributed by atoms with Gasteiger partial charge < -0.3 is 10.0 Å². The highest BCUT2D eigenvalue weighted by molar-refractivity contribution is 5.37. The Labute approximate surface area is 111 Å². The lowest BCUT2D eigenvalue weighted by Gasteiger charge is -2.37. The highest BCUT2D eigenvalue weighted by atomic mass is 16.3. The maximum atomic E-state index is 9.98. The number of rotatable bonds is 6. The van der Waals surface area contributed by atoms with E-state index in [0.29, 0.717) is 5.75 Å². The molecule has 0 saturated carbocycles. The largest absolute Gasteiger partial charge is 0.508 e. The zero-order valence-electron chi connectivity index (χ0n) is 12.3. The van der Waals surface area contributed by atoms with Crippen molar-refractivity contribution in [2.75, 3.05) is 33.7 Å². The molecule has 0 aliphatic heterocycles. The van der Waals surface area contributed by atoms with Crippen molar-refractivity contribution < 1.29 is 5.11 Å². The van der Waals surface area contributed by atoms with Crippen LogP contribution in [0.4, 0.5) is 0 Å². The number of phenols is 1. The van der Waals surface area contributed by atoms with Crippen LogP contribution in [0.15, 0.2) is 24.3 Å². The molecule has 0 saturated heterocycles. The van der Waals surface area contributed by atoms with E-state index in [1.165, 1.54) is 0 Å². The predicted molar refractivity (Wildman–Crippen MR) is 76.9 cm³/mol. The Balaban J connectivity index is 2.76. The molecule has 0 unspecified atom stereocenters. The third-order valence-electron chi connectivity index (χ3n) is 3.87. The number of hydrogen-bond acceptors (Lipinski definition) is 3. The van der Waals surface area contributed by atoms with Crippen LogP contribution in [0.2, 0.25) is 0 Å². The first-order valence-corrected chi connectivity index (χ1v) is 6.57. The summed E-state index contributed by atoms with van der Waals surface area (Å²) in [5, 5.41) is 9.98. The van der Waals surface area contributed by atoms with Gasteiger partial charge in [0.25, 0.3) is 0 Å². The maximum absolute atomic E-state index is 9.98. The van der Waals surface area contributed by atoms with Gasteiger partial charge in [-0.3, -0.25) is 4.90 Å². The Kier molecular flexibility index (Phi) is 5.17. The summed E-state index contributed by atoms with van der Waals surface area (Å²) in [4.78, 5) is 4.58. The van der Waals surface area contributed by atoms with Crippen molar-refractivity contribution in [2.24, 2.45) is 0 Å². The lowest BCUT2D eigenvalue weighted by Crippen LogP contribution is -2.42. The summed E-state index contributed by atoms with van der Waals surface area (Å²) in [6.45, 7) is 9.52. The molecule has 0 radical (unpaired) electrons. The van der Waals surface area contributed by atoms with Gasteiger partial charge >= 0.3 is 0 Å². The average Bonchev–Trinajstić information content (AvgIpc) is 2.35. The van der Waals surface area contributed by atoms with Gasteiger partial charge in [-0.25, -0.2) is 0 Å². The highest BCUT2D eigenvalue weighted by Gasteiger charge is 2.28. The minimum absolute atomic E-state index is 0.167. The van der Waals surface area contributed by atoms with Gasteiger partial charge in [-0.2, -0.15) is 0 Å². The molecule has 1 aromatic carbocycles. The smallest absolute Gasteiger partial charge is 0.120 e. The van der Waals surface area contributed by atoms with Gasteiger partial charge in [0.2, 0.25) is 0 Å². The zero-order chi connectivity index (χ0) is 13.8. The minimum atomic E-state index is -0.167. The molecule has 0 atom stereocenters. The molecular formula is C15H26N2O. The average molecular weight is 250 g/mol. The van der Waals surface area contributed by atoms with Crippen molar-refractivity contribution in [2.45, 2.75) is 26.3 Å². The SMILES string of the molecule is CCN(C)CCN(C)C(C)(C)c1ccccc1O. The fourth-order valence-corrected chi connectivity index (χ4v) is 1.95. The second-order valence-corrected chi connectivity index (χ2v) is 5.39. The molecule has 1 N–H and O–H groups in total. The second-order valence-electron chi connectivity index (χ2n) is 5.39. The van der Waals surface area contributed by atoms with Gasteiger partial charge in [0, 0.05) is 24.2 Å². The van der Waals surface area contributed by atoms with E-state index in [-0.39, 0.29) is 5.54 Å². The van der Waals surface area contributed by atoms with E-state index >= 15 is 0 Å². The number of phenolic OH excluding ortho intramolecular Hbond substituents is 1. The number of nitrogens with zero attached hydrogens (tertiary/aromatic N) is 2. The Morgan fingerprint density at radius 2 is 1.72 bits per heavy atom. The number of aromatic hydroxyl groups is 1. The lowest BCUT2D eigenvalue weighted by atomic mass is 9.91. The van der Waals surface area contributed by atoms with Crippen molar-refractivity contribution in [1.29, 1.82) is 0 Å². The van der Waals surface area contributed by atoms with E-state index in [1.807, 2.05) is 18.2 Å². The van der Waals surface area contributed by atoms with Crippen molar-refractivity contribution in [1.82, 2.24) is 9.80 Å². The van der Waals surface area contributed by atoms with E-state index in [0.717, 1.165) is 25.2 Å². The summed E-state index contributed by atoms with van der Waals surface area (Å²) in [6, 6.07) is 7.58. The van der Waals surface area contributed by atoms with Crippen molar-refractivity contribution in [3.63, 3.8) is 0 Å². The number of benzene rings is 1. The summed E-state index contributed by atoms with van der Waals surface area (Å²) in [7, 11) is 4.23. The molecule has 3 heteroatoms. The topological polar surface area (TPSA) is 26.7 Å². The number of para-hydroxylation sites is 1. The minimum Gasteiger partial charge on any atom is -0.508 e. The first-order valence-electron chi connectivity index (χ1n) is 6.57. The van der Waals surface area contributed by atoms with E-state index in [1.54, 1.807) is 6.07 Å².